The van der Waals surface area contributed by atoms with Crippen LogP contribution in [-0.2, 0) is 21.9 Å². The summed E-state index contributed by atoms with van der Waals surface area (Å²) in [5, 5.41) is 12.8. The molecule has 6 aromatic heterocycles. The molecule has 4 aliphatic heterocycles. The van der Waals surface area contributed by atoms with Crippen LogP contribution in [0.15, 0.2) is 58.9 Å². The first kappa shape index (κ1) is 41.2. The lowest BCUT2D eigenvalue weighted by Gasteiger charge is -2.15. The van der Waals surface area contributed by atoms with Crippen molar-refractivity contribution >= 4 is 22.6 Å². The molecule has 0 amide bonds. The van der Waals surface area contributed by atoms with Crippen LogP contribution in [0.2, 0.25) is 0 Å². The van der Waals surface area contributed by atoms with E-state index in [4.69, 9.17) is 26.2 Å². The Balaban J connectivity index is 0.000000150. The Morgan fingerprint density at radius 2 is 1.24 bits per heavy atom. The number of ether oxygens (including phenoxy) is 2. The van der Waals surface area contributed by atoms with Crippen LogP contribution in [0, 0.1) is 11.8 Å². The molecule has 6 aromatic rings. The molecule has 19 heteroatoms. The zero-order valence-electron chi connectivity index (χ0n) is 32.0. The van der Waals surface area contributed by atoms with Crippen LogP contribution in [0.1, 0.15) is 92.7 Å². The number of nitrogens with zero attached hydrogens (tertiary/aromatic N) is 11. The van der Waals surface area contributed by atoms with Crippen LogP contribution in [-0.4, -0.2) is 117 Å². The molecule has 0 saturated carbocycles. The molecule has 4 fully saturated rings. The van der Waals surface area contributed by atoms with E-state index in [1.807, 2.05) is 6.07 Å². The quantitative estimate of drug-likeness (QED) is 0.198. The molecule has 3 N–H and O–H groups in total. The summed E-state index contributed by atoms with van der Waals surface area (Å²) >= 11 is 5.40. The average molecular weight is 815 g/mol. The van der Waals surface area contributed by atoms with Crippen LogP contribution in [0.25, 0.3) is 11.0 Å². The fraction of sp³-hybridized carbons (Fsp3) is 0.538. The van der Waals surface area contributed by atoms with E-state index >= 15 is 0 Å². The first-order valence-electron chi connectivity index (χ1n) is 19.5. The minimum absolute atomic E-state index is 0. The molecule has 308 valence electrons. The van der Waals surface area contributed by atoms with Gasteiger partial charge >= 0.3 is 0 Å². The number of imidazole rings is 2. The maximum atomic E-state index is 12.6. The summed E-state index contributed by atoms with van der Waals surface area (Å²) in [4.78, 5) is 58.4. The topological polar surface area (TPSA) is 211 Å². The minimum atomic E-state index is -0.139. The first-order valence-corrected chi connectivity index (χ1v) is 20.0. The number of H-pyrrole nitrogens is 2. The van der Waals surface area contributed by atoms with Crippen molar-refractivity contribution in [2.24, 2.45) is 11.8 Å². The predicted molar refractivity (Wildman–Crippen MR) is 216 cm³/mol. The van der Waals surface area contributed by atoms with Crippen molar-refractivity contribution in [2.45, 2.75) is 70.2 Å². The minimum Gasteiger partial charge on any atom is -0.381 e. The number of hydrogen-bond donors (Lipinski definition) is 3. The smallest absolute Gasteiger partial charge is 0.276 e. The van der Waals surface area contributed by atoms with Gasteiger partial charge in [0.05, 0.1) is 38.0 Å². The third-order valence-corrected chi connectivity index (χ3v) is 11.4. The molecule has 0 aliphatic carbocycles. The van der Waals surface area contributed by atoms with Crippen LogP contribution in [0.5, 0.6) is 0 Å². The van der Waals surface area contributed by atoms with Crippen molar-refractivity contribution in [3.63, 3.8) is 0 Å². The molecule has 0 aromatic carbocycles. The second-order valence-electron chi connectivity index (χ2n) is 15.1. The lowest BCUT2D eigenvalue weighted by atomic mass is 9.97. The van der Waals surface area contributed by atoms with E-state index in [9.17, 15) is 9.59 Å². The van der Waals surface area contributed by atoms with E-state index in [0.29, 0.717) is 54.3 Å². The van der Waals surface area contributed by atoms with Crippen LogP contribution < -0.4 is 16.4 Å². The van der Waals surface area contributed by atoms with Gasteiger partial charge in [0.1, 0.15) is 34.9 Å². The number of alkyl halides is 1. The van der Waals surface area contributed by atoms with Gasteiger partial charge in [0, 0.05) is 81.3 Å². The normalized spacial score (nSPS) is 24.3. The van der Waals surface area contributed by atoms with Crippen molar-refractivity contribution in [3.05, 3.63) is 105 Å². The number of likely N-dealkylation sites (tertiary alicyclic amines) is 1. The van der Waals surface area contributed by atoms with E-state index in [1.165, 1.54) is 0 Å². The zero-order chi connectivity index (χ0) is 39.3. The number of fused-ring (bicyclic) bond motifs is 2. The summed E-state index contributed by atoms with van der Waals surface area (Å²) in [6, 6.07) is 3.58. The molecule has 58 heavy (non-hydrogen) atoms. The van der Waals surface area contributed by atoms with Crippen LogP contribution in [0.3, 0.4) is 0 Å². The fourth-order valence-corrected chi connectivity index (χ4v) is 8.11. The second-order valence-corrected chi connectivity index (χ2v) is 15.4. The Kier molecular flexibility index (Phi) is 13.3. The van der Waals surface area contributed by atoms with E-state index < -0.39 is 0 Å². The highest BCUT2D eigenvalue weighted by molar-refractivity contribution is 6.16. The third-order valence-electron chi connectivity index (χ3n) is 11.1. The van der Waals surface area contributed by atoms with E-state index in [-0.39, 0.29) is 42.2 Å². The van der Waals surface area contributed by atoms with Gasteiger partial charge < -0.3 is 24.8 Å². The van der Waals surface area contributed by atoms with Crippen LogP contribution >= 0.6 is 11.6 Å². The number of nitrogens with one attached hydrogen (secondary N) is 3. The summed E-state index contributed by atoms with van der Waals surface area (Å²) in [5.74, 6) is 6.66. The van der Waals surface area contributed by atoms with Crippen LogP contribution in [0.4, 0.5) is 0 Å². The van der Waals surface area contributed by atoms with Crippen molar-refractivity contribution < 1.29 is 9.47 Å². The molecule has 4 saturated heterocycles. The fourth-order valence-electron chi connectivity index (χ4n) is 7.97. The predicted octanol–water partition coefficient (Wildman–Crippen LogP) is 3.04. The lowest BCUT2D eigenvalue weighted by Crippen LogP contribution is -2.24. The average Bonchev–Trinajstić information content (AvgIpc) is 4.08. The maximum absolute atomic E-state index is 12.6. The molecule has 0 bridgehead atoms. The van der Waals surface area contributed by atoms with E-state index in [0.717, 1.165) is 81.4 Å². The standard InChI is InChI=1S/C19H23N7O2.C14H19N5O2.C5H5ClN2.CH4/c1-12-8-25(10-16-20-4-2-5-21-16)9-14(12)17-23-19(27)15-7-22-18(26(15)24-17)13-3-6-28-11-13;1-8-4-15-5-10(8)12-17-14(20)11-6-16-13(19(11)18-12)9-2-3-21-7-9;6-4-5-7-2-1-3-8-5;/h2,4-5,7,12-14H,3,6,8-11H2,1H3,(H,23,24,27);6,8-10,15H,2-5,7H2,1H3,(H,17,18,20);1-3H,4H2;1H4. The van der Waals surface area contributed by atoms with E-state index in [2.05, 4.69) is 69.0 Å². The summed E-state index contributed by atoms with van der Waals surface area (Å²) in [5.41, 5.74) is 0.751. The Hall–Kier alpha value is -5.01. The summed E-state index contributed by atoms with van der Waals surface area (Å²) in [6.07, 6.45) is 11.9. The summed E-state index contributed by atoms with van der Waals surface area (Å²) in [7, 11) is 0. The number of aromatic nitrogens is 12. The number of rotatable bonds is 7. The van der Waals surface area contributed by atoms with Gasteiger partial charge in [-0.1, -0.05) is 21.3 Å². The SMILES string of the molecule is C.CC1CN(Cc2ncccn2)CC1c1nn2c(C3CCOC3)ncc2c(=O)[nH]1.CC1CNCC1c1nn2c(C3CCOC3)ncc2c(=O)[nH]1.ClCc1ncccn1. The third kappa shape index (κ3) is 9.00. The Labute approximate surface area is 340 Å². The molecule has 6 unspecified atom stereocenters. The molecule has 4 aliphatic rings. The monoisotopic (exact) mass is 814 g/mol. The van der Waals surface area contributed by atoms with Gasteiger partial charge in [-0.25, -0.2) is 38.9 Å². The summed E-state index contributed by atoms with van der Waals surface area (Å²) in [6.45, 7) is 11.4. The van der Waals surface area contributed by atoms with Gasteiger partial charge in [-0.2, -0.15) is 10.2 Å². The maximum Gasteiger partial charge on any atom is 0.276 e. The first-order chi connectivity index (χ1) is 27.9. The number of hydrogen-bond acceptors (Lipinski definition) is 14. The zero-order valence-corrected chi connectivity index (χ0v) is 32.8. The number of halogens is 1. The van der Waals surface area contributed by atoms with Gasteiger partial charge in [0.15, 0.2) is 11.0 Å². The molecule has 18 nitrogen and oxygen atoms in total. The van der Waals surface area contributed by atoms with Crippen molar-refractivity contribution in [1.29, 1.82) is 0 Å². The molecular formula is C39H51ClN14O4. The Morgan fingerprint density at radius 3 is 1.71 bits per heavy atom. The van der Waals surface area contributed by atoms with Gasteiger partial charge in [0.25, 0.3) is 11.1 Å². The largest absolute Gasteiger partial charge is 0.381 e. The Morgan fingerprint density at radius 1 is 0.707 bits per heavy atom. The molecule has 6 atom stereocenters. The molecular weight excluding hydrogens is 764 g/mol. The highest BCUT2D eigenvalue weighted by Crippen LogP contribution is 2.31. The summed E-state index contributed by atoms with van der Waals surface area (Å²) < 4.78 is 14.4. The van der Waals surface area contributed by atoms with Gasteiger partial charge in [-0.3, -0.25) is 14.5 Å². The van der Waals surface area contributed by atoms with Crippen molar-refractivity contribution in [3.8, 4) is 0 Å². The van der Waals surface area contributed by atoms with Crippen molar-refractivity contribution in [2.75, 3.05) is 52.6 Å². The van der Waals surface area contributed by atoms with Crippen molar-refractivity contribution in [1.82, 2.24) is 69.3 Å². The molecule has 10 rings (SSSR count). The highest BCUT2D eigenvalue weighted by Gasteiger charge is 2.34. The lowest BCUT2D eigenvalue weighted by molar-refractivity contribution is 0.193. The second kappa shape index (κ2) is 18.7. The number of aromatic amines is 2. The van der Waals surface area contributed by atoms with Gasteiger partial charge in [0.2, 0.25) is 0 Å². The highest BCUT2D eigenvalue weighted by atomic mass is 35.5. The van der Waals surface area contributed by atoms with Gasteiger partial charge in [-0.15, -0.1) is 11.6 Å². The Bertz CT molecular complexity index is 2360. The molecule has 0 spiro atoms. The molecule has 0 radical (unpaired) electrons. The molecule has 10 heterocycles. The van der Waals surface area contributed by atoms with Gasteiger partial charge in [-0.05, 0) is 43.4 Å². The van der Waals surface area contributed by atoms with E-state index in [1.54, 1.807) is 52.3 Å².